The Morgan fingerprint density at radius 3 is 1.46 bits per heavy atom. The molecule has 0 aliphatic heterocycles. The number of aromatic nitrogens is 2. The molecule has 0 saturated heterocycles. The molecule has 1 aromatic heterocycles. The molecule has 0 aliphatic carbocycles. The molecular weight excluding hydrogens is 292 g/mol. The van der Waals surface area contributed by atoms with Gasteiger partial charge in [-0.15, -0.1) is 0 Å². The van der Waals surface area contributed by atoms with Crippen LogP contribution in [0.25, 0.3) is 0 Å². The zero-order chi connectivity index (χ0) is 17.3. The van der Waals surface area contributed by atoms with Crippen LogP contribution in [0.3, 0.4) is 0 Å². The second-order valence-electron chi connectivity index (χ2n) is 7.47. The molecule has 24 heavy (non-hydrogen) atoms. The second-order valence-corrected chi connectivity index (χ2v) is 7.47. The van der Waals surface area contributed by atoms with E-state index in [1.54, 1.807) is 0 Å². The van der Waals surface area contributed by atoms with Gasteiger partial charge in [0.05, 0.1) is 0 Å². The number of imidazole rings is 1. The number of hydrogen-bond acceptors (Lipinski definition) is 1. The predicted octanol–water partition coefficient (Wildman–Crippen LogP) is 7.45. The fourth-order valence-corrected chi connectivity index (χ4v) is 3.47. The van der Waals surface area contributed by atoms with Gasteiger partial charge in [0.2, 0.25) is 0 Å². The van der Waals surface area contributed by atoms with Crippen molar-refractivity contribution in [2.24, 2.45) is 0 Å². The lowest BCUT2D eigenvalue weighted by molar-refractivity contribution is 0.519. The molecule has 2 nitrogen and oxygen atoms in total. The van der Waals surface area contributed by atoms with Crippen LogP contribution in [0.1, 0.15) is 115 Å². The molecule has 0 radical (unpaired) electrons. The minimum absolute atomic E-state index is 1.14. The van der Waals surface area contributed by atoms with Crippen molar-refractivity contribution in [2.75, 3.05) is 0 Å². The van der Waals surface area contributed by atoms with Gasteiger partial charge in [0.25, 0.3) is 0 Å². The third-order valence-electron chi connectivity index (χ3n) is 5.18. The van der Waals surface area contributed by atoms with Gasteiger partial charge in [0.1, 0.15) is 5.82 Å². The van der Waals surface area contributed by atoms with E-state index in [1.165, 1.54) is 103 Å². The van der Waals surface area contributed by atoms with Gasteiger partial charge in [-0.1, -0.05) is 103 Å². The summed E-state index contributed by atoms with van der Waals surface area (Å²) < 4.78 is 2.27. The minimum atomic E-state index is 1.14. The molecule has 0 bridgehead atoms. The van der Waals surface area contributed by atoms with E-state index in [9.17, 15) is 0 Å². The highest BCUT2D eigenvalue weighted by Gasteiger charge is 1.97. The molecule has 0 amide bonds. The largest absolute Gasteiger partial charge is 0.335 e. The topological polar surface area (TPSA) is 17.8 Å². The van der Waals surface area contributed by atoms with Crippen molar-refractivity contribution in [1.82, 2.24) is 9.55 Å². The first-order chi connectivity index (χ1) is 11.8. The highest BCUT2D eigenvalue weighted by Crippen LogP contribution is 2.14. The smallest absolute Gasteiger partial charge is 0.105 e. The van der Waals surface area contributed by atoms with Crippen LogP contribution in [0.5, 0.6) is 0 Å². The van der Waals surface area contributed by atoms with Gasteiger partial charge in [0.15, 0.2) is 0 Å². The van der Waals surface area contributed by atoms with Gasteiger partial charge in [-0.2, -0.15) is 0 Å². The van der Waals surface area contributed by atoms with Gasteiger partial charge in [0, 0.05) is 18.9 Å². The molecule has 0 saturated carbocycles. The number of nitrogens with zero attached hydrogens (tertiary/aromatic N) is 2. The Bertz CT molecular complexity index is 370. The summed E-state index contributed by atoms with van der Waals surface area (Å²) in [5, 5.41) is 0. The van der Waals surface area contributed by atoms with Crippen LogP contribution in [0.2, 0.25) is 0 Å². The standard InChI is InChI=1S/C22H42N2/c1-3-4-5-6-7-8-9-10-11-12-13-14-15-16-17-18-20-24-21-19-23-22(24)2/h19,21H,3-18,20H2,1-2H3. The molecule has 1 rings (SSSR count). The lowest BCUT2D eigenvalue weighted by Crippen LogP contribution is -1.98. The Hall–Kier alpha value is -0.790. The Labute approximate surface area is 151 Å². The number of unbranched alkanes of at least 4 members (excludes halogenated alkanes) is 15. The molecule has 0 atom stereocenters. The van der Waals surface area contributed by atoms with E-state index in [0.29, 0.717) is 0 Å². The monoisotopic (exact) mass is 334 g/mol. The summed E-state index contributed by atoms with van der Waals surface area (Å²) in [4.78, 5) is 4.27. The summed E-state index contributed by atoms with van der Waals surface area (Å²) >= 11 is 0. The van der Waals surface area contributed by atoms with E-state index in [2.05, 4.69) is 29.6 Å². The van der Waals surface area contributed by atoms with Gasteiger partial charge in [-0.25, -0.2) is 4.98 Å². The van der Waals surface area contributed by atoms with Crippen LogP contribution in [0.15, 0.2) is 12.4 Å². The van der Waals surface area contributed by atoms with E-state index >= 15 is 0 Å². The fraction of sp³-hybridized carbons (Fsp3) is 0.864. The summed E-state index contributed by atoms with van der Waals surface area (Å²) in [6, 6.07) is 0. The lowest BCUT2D eigenvalue weighted by atomic mass is 10.0. The van der Waals surface area contributed by atoms with Crippen LogP contribution < -0.4 is 0 Å². The van der Waals surface area contributed by atoms with Crippen molar-refractivity contribution in [3.8, 4) is 0 Å². The summed E-state index contributed by atoms with van der Waals surface area (Å²) in [7, 11) is 0. The van der Waals surface area contributed by atoms with E-state index < -0.39 is 0 Å². The van der Waals surface area contributed by atoms with Gasteiger partial charge < -0.3 is 4.57 Å². The van der Waals surface area contributed by atoms with Gasteiger partial charge in [-0.05, 0) is 13.3 Å². The Kier molecular flexibility index (Phi) is 13.9. The minimum Gasteiger partial charge on any atom is -0.335 e. The SMILES string of the molecule is CCCCCCCCCCCCCCCCCCn1ccnc1C. The van der Waals surface area contributed by atoms with Crippen LogP contribution in [-0.2, 0) is 6.54 Å². The highest BCUT2D eigenvalue weighted by atomic mass is 15.0. The van der Waals surface area contributed by atoms with Crippen LogP contribution in [0.4, 0.5) is 0 Å². The van der Waals surface area contributed by atoms with E-state index in [1.807, 2.05) is 6.20 Å². The highest BCUT2D eigenvalue weighted by molar-refractivity contribution is 4.87. The molecule has 0 aromatic carbocycles. The van der Waals surface area contributed by atoms with Crippen molar-refractivity contribution in [2.45, 2.75) is 123 Å². The summed E-state index contributed by atoms with van der Waals surface area (Å²) in [5.74, 6) is 1.15. The average Bonchev–Trinajstić information content (AvgIpc) is 2.99. The number of aryl methyl sites for hydroxylation is 2. The zero-order valence-electron chi connectivity index (χ0n) is 16.6. The first-order valence-electron chi connectivity index (χ1n) is 10.8. The van der Waals surface area contributed by atoms with Gasteiger partial charge in [-0.3, -0.25) is 0 Å². The molecule has 0 unspecified atom stereocenters. The van der Waals surface area contributed by atoms with E-state index in [0.717, 1.165) is 12.4 Å². The molecule has 0 aliphatic rings. The molecule has 0 spiro atoms. The Morgan fingerprint density at radius 1 is 0.667 bits per heavy atom. The predicted molar refractivity (Wildman–Crippen MR) is 107 cm³/mol. The number of rotatable bonds is 17. The lowest BCUT2D eigenvalue weighted by Gasteiger charge is -2.05. The summed E-state index contributed by atoms with van der Waals surface area (Å²) in [6.45, 7) is 5.53. The van der Waals surface area contributed by atoms with Crippen molar-refractivity contribution in [3.05, 3.63) is 18.2 Å². The van der Waals surface area contributed by atoms with Crippen molar-refractivity contribution in [1.29, 1.82) is 0 Å². The third-order valence-corrected chi connectivity index (χ3v) is 5.18. The van der Waals surface area contributed by atoms with E-state index in [-0.39, 0.29) is 0 Å². The Morgan fingerprint density at radius 2 is 1.08 bits per heavy atom. The maximum atomic E-state index is 4.27. The van der Waals surface area contributed by atoms with Crippen LogP contribution in [0, 0.1) is 6.92 Å². The first kappa shape index (κ1) is 21.3. The molecular formula is C22H42N2. The first-order valence-corrected chi connectivity index (χ1v) is 10.8. The van der Waals surface area contributed by atoms with Crippen LogP contribution in [-0.4, -0.2) is 9.55 Å². The maximum Gasteiger partial charge on any atom is 0.105 e. The quantitative estimate of drug-likeness (QED) is 0.270. The van der Waals surface area contributed by atoms with Crippen molar-refractivity contribution >= 4 is 0 Å². The van der Waals surface area contributed by atoms with Crippen molar-refractivity contribution < 1.29 is 0 Å². The normalized spacial score (nSPS) is 11.2. The molecule has 1 heterocycles. The van der Waals surface area contributed by atoms with Crippen LogP contribution >= 0.6 is 0 Å². The number of hydrogen-bond donors (Lipinski definition) is 0. The van der Waals surface area contributed by atoms with Crippen molar-refractivity contribution in [3.63, 3.8) is 0 Å². The molecule has 2 heteroatoms. The third kappa shape index (κ3) is 11.7. The molecule has 1 aromatic rings. The second kappa shape index (κ2) is 15.7. The zero-order valence-corrected chi connectivity index (χ0v) is 16.6. The molecule has 140 valence electrons. The average molecular weight is 335 g/mol. The summed E-state index contributed by atoms with van der Waals surface area (Å²) in [5.41, 5.74) is 0. The summed E-state index contributed by atoms with van der Waals surface area (Å²) in [6.07, 6.45) is 27.0. The molecule has 0 N–H and O–H groups in total. The maximum absolute atomic E-state index is 4.27. The molecule has 0 fully saturated rings. The van der Waals surface area contributed by atoms with E-state index in [4.69, 9.17) is 0 Å². The van der Waals surface area contributed by atoms with Gasteiger partial charge >= 0.3 is 0 Å². The Balaban J connectivity index is 1.71. The fourth-order valence-electron chi connectivity index (χ4n) is 3.47.